The van der Waals surface area contributed by atoms with Crippen molar-refractivity contribution in [1.29, 1.82) is 0 Å². The molecule has 16 heavy (non-hydrogen) atoms. The Morgan fingerprint density at radius 2 is 2.25 bits per heavy atom. The molecule has 0 spiro atoms. The van der Waals surface area contributed by atoms with Crippen molar-refractivity contribution in [3.8, 4) is 0 Å². The lowest BCUT2D eigenvalue weighted by molar-refractivity contribution is -0.134. The van der Waals surface area contributed by atoms with E-state index in [0.717, 1.165) is 32.4 Å². The molecule has 1 aliphatic heterocycles. The third-order valence-electron chi connectivity index (χ3n) is 3.36. The van der Waals surface area contributed by atoms with Crippen molar-refractivity contribution in [2.24, 2.45) is 5.73 Å². The van der Waals surface area contributed by atoms with Crippen molar-refractivity contribution in [3.63, 3.8) is 0 Å². The first-order chi connectivity index (χ1) is 7.56. The molecule has 1 fully saturated rings. The SMILES string of the molecule is CCC[C@H](N)C(=O)N1CCCC(N(C)C)C1. The number of rotatable bonds is 4. The van der Waals surface area contributed by atoms with E-state index in [4.69, 9.17) is 5.73 Å². The average molecular weight is 227 g/mol. The molecule has 0 bridgehead atoms. The molecule has 1 unspecified atom stereocenters. The summed E-state index contributed by atoms with van der Waals surface area (Å²) in [5.74, 6) is 0.133. The molecule has 0 radical (unpaired) electrons. The molecule has 0 aliphatic carbocycles. The fourth-order valence-electron chi connectivity index (χ4n) is 2.25. The van der Waals surface area contributed by atoms with Crippen LogP contribution in [0.4, 0.5) is 0 Å². The Morgan fingerprint density at radius 3 is 2.81 bits per heavy atom. The van der Waals surface area contributed by atoms with E-state index in [2.05, 4.69) is 25.9 Å². The molecule has 4 heteroatoms. The smallest absolute Gasteiger partial charge is 0.239 e. The Labute approximate surface area is 98.8 Å². The maximum absolute atomic E-state index is 12.0. The standard InChI is InChI=1S/C12H25N3O/c1-4-6-11(13)12(16)15-8-5-7-10(9-15)14(2)3/h10-11H,4-9,13H2,1-3H3/t10?,11-/m0/s1. The van der Waals surface area contributed by atoms with Crippen LogP contribution < -0.4 is 5.73 Å². The van der Waals surface area contributed by atoms with E-state index in [0.29, 0.717) is 6.04 Å². The maximum atomic E-state index is 12.0. The Hall–Kier alpha value is -0.610. The van der Waals surface area contributed by atoms with Crippen LogP contribution in [0.2, 0.25) is 0 Å². The lowest BCUT2D eigenvalue weighted by atomic mass is 10.0. The Bertz CT molecular complexity index is 230. The van der Waals surface area contributed by atoms with Gasteiger partial charge in [0.15, 0.2) is 0 Å². The van der Waals surface area contributed by atoms with Crippen molar-refractivity contribution < 1.29 is 4.79 Å². The molecule has 94 valence electrons. The van der Waals surface area contributed by atoms with Crippen LogP contribution in [0, 0.1) is 0 Å². The van der Waals surface area contributed by atoms with Gasteiger partial charge in [0.1, 0.15) is 0 Å². The molecular weight excluding hydrogens is 202 g/mol. The summed E-state index contributed by atoms with van der Waals surface area (Å²) in [5, 5.41) is 0. The van der Waals surface area contributed by atoms with Gasteiger partial charge in [0, 0.05) is 19.1 Å². The number of carbonyl (C=O) groups excluding carboxylic acids is 1. The third kappa shape index (κ3) is 3.46. The van der Waals surface area contributed by atoms with Crippen molar-refractivity contribution >= 4 is 5.91 Å². The fourth-order valence-corrected chi connectivity index (χ4v) is 2.25. The second-order valence-electron chi connectivity index (χ2n) is 4.94. The van der Waals surface area contributed by atoms with Gasteiger partial charge in [0.05, 0.1) is 6.04 Å². The Balaban J connectivity index is 2.49. The predicted octanol–water partition coefficient (Wildman–Crippen LogP) is 0.666. The van der Waals surface area contributed by atoms with Gasteiger partial charge >= 0.3 is 0 Å². The number of nitrogens with zero attached hydrogens (tertiary/aromatic N) is 2. The van der Waals surface area contributed by atoms with Crippen molar-refractivity contribution in [2.75, 3.05) is 27.2 Å². The molecule has 1 rings (SSSR count). The molecule has 1 saturated heterocycles. The molecule has 0 aromatic heterocycles. The summed E-state index contributed by atoms with van der Waals surface area (Å²) in [6, 6.07) is 0.192. The van der Waals surface area contributed by atoms with Gasteiger partial charge in [-0.15, -0.1) is 0 Å². The monoisotopic (exact) mass is 227 g/mol. The summed E-state index contributed by atoms with van der Waals surface area (Å²) >= 11 is 0. The molecule has 4 nitrogen and oxygen atoms in total. The summed E-state index contributed by atoms with van der Waals surface area (Å²) in [6.07, 6.45) is 4.03. The summed E-state index contributed by atoms with van der Waals surface area (Å²) in [6.45, 7) is 3.77. The fraction of sp³-hybridized carbons (Fsp3) is 0.917. The van der Waals surface area contributed by atoms with Gasteiger partial charge in [0.25, 0.3) is 0 Å². The van der Waals surface area contributed by atoms with E-state index < -0.39 is 0 Å². The van der Waals surface area contributed by atoms with Gasteiger partial charge in [-0.05, 0) is 33.4 Å². The minimum Gasteiger partial charge on any atom is -0.340 e. The minimum atomic E-state index is -0.300. The highest BCUT2D eigenvalue weighted by Gasteiger charge is 2.27. The summed E-state index contributed by atoms with van der Waals surface area (Å²) in [5.41, 5.74) is 5.88. The van der Waals surface area contributed by atoms with Crippen molar-refractivity contribution in [2.45, 2.75) is 44.7 Å². The number of amides is 1. The minimum absolute atomic E-state index is 0.133. The van der Waals surface area contributed by atoms with Crippen LogP contribution in [0.3, 0.4) is 0 Å². The van der Waals surface area contributed by atoms with Crippen LogP contribution in [0.25, 0.3) is 0 Å². The van der Waals surface area contributed by atoms with E-state index in [-0.39, 0.29) is 11.9 Å². The van der Waals surface area contributed by atoms with Crippen LogP contribution in [-0.4, -0.2) is 55.0 Å². The molecule has 1 aliphatic rings. The zero-order chi connectivity index (χ0) is 12.1. The quantitative estimate of drug-likeness (QED) is 0.768. The number of nitrogens with two attached hydrogens (primary N) is 1. The molecular formula is C12H25N3O. The van der Waals surface area contributed by atoms with Gasteiger partial charge < -0.3 is 15.5 Å². The van der Waals surface area contributed by atoms with Gasteiger partial charge in [-0.2, -0.15) is 0 Å². The summed E-state index contributed by atoms with van der Waals surface area (Å²) < 4.78 is 0. The number of likely N-dealkylation sites (tertiary alicyclic amines) is 1. The number of hydrogen-bond acceptors (Lipinski definition) is 3. The highest BCUT2D eigenvalue weighted by Crippen LogP contribution is 2.15. The zero-order valence-electron chi connectivity index (χ0n) is 10.8. The summed E-state index contributed by atoms with van der Waals surface area (Å²) in [4.78, 5) is 16.2. The van der Waals surface area contributed by atoms with Crippen LogP contribution >= 0.6 is 0 Å². The van der Waals surface area contributed by atoms with E-state index >= 15 is 0 Å². The number of piperidine rings is 1. The van der Waals surface area contributed by atoms with Gasteiger partial charge in [-0.3, -0.25) is 4.79 Å². The first kappa shape index (κ1) is 13.5. The van der Waals surface area contributed by atoms with Crippen molar-refractivity contribution in [1.82, 2.24) is 9.80 Å². The van der Waals surface area contributed by atoms with E-state index in [1.165, 1.54) is 6.42 Å². The molecule has 1 amide bonds. The van der Waals surface area contributed by atoms with Gasteiger partial charge in [-0.1, -0.05) is 13.3 Å². The normalized spacial score (nSPS) is 23.6. The van der Waals surface area contributed by atoms with Crippen LogP contribution in [0.5, 0.6) is 0 Å². The zero-order valence-corrected chi connectivity index (χ0v) is 10.8. The molecule has 2 atom stereocenters. The van der Waals surface area contributed by atoms with Crippen LogP contribution in [0.1, 0.15) is 32.6 Å². The van der Waals surface area contributed by atoms with Gasteiger partial charge in [-0.25, -0.2) is 0 Å². The predicted molar refractivity (Wildman–Crippen MR) is 66.2 cm³/mol. The topological polar surface area (TPSA) is 49.6 Å². The first-order valence-corrected chi connectivity index (χ1v) is 6.27. The highest BCUT2D eigenvalue weighted by atomic mass is 16.2. The molecule has 0 aromatic carbocycles. The van der Waals surface area contributed by atoms with Gasteiger partial charge in [0.2, 0.25) is 5.91 Å². The lowest BCUT2D eigenvalue weighted by Crippen LogP contribution is -2.52. The highest BCUT2D eigenvalue weighted by molar-refractivity contribution is 5.81. The lowest BCUT2D eigenvalue weighted by Gasteiger charge is -2.37. The van der Waals surface area contributed by atoms with Crippen LogP contribution in [0.15, 0.2) is 0 Å². The molecule has 0 aromatic rings. The summed E-state index contributed by atoms with van der Waals surface area (Å²) in [7, 11) is 4.15. The Kier molecular flexibility index (Phi) is 5.22. The average Bonchev–Trinajstić information content (AvgIpc) is 2.28. The van der Waals surface area contributed by atoms with Crippen molar-refractivity contribution in [3.05, 3.63) is 0 Å². The van der Waals surface area contributed by atoms with Crippen LogP contribution in [-0.2, 0) is 4.79 Å². The number of hydrogen-bond donors (Lipinski definition) is 1. The van der Waals surface area contributed by atoms with E-state index in [9.17, 15) is 4.79 Å². The maximum Gasteiger partial charge on any atom is 0.239 e. The third-order valence-corrected chi connectivity index (χ3v) is 3.36. The molecule has 0 saturated carbocycles. The second kappa shape index (κ2) is 6.21. The van der Waals surface area contributed by atoms with E-state index in [1.54, 1.807) is 0 Å². The molecule has 2 N–H and O–H groups in total. The second-order valence-corrected chi connectivity index (χ2v) is 4.94. The van der Waals surface area contributed by atoms with E-state index in [1.807, 2.05) is 4.90 Å². The Morgan fingerprint density at radius 1 is 1.56 bits per heavy atom. The molecule has 1 heterocycles. The largest absolute Gasteiger partial charge is 0.340 e. The number of carbonyl (C=O) groups is 1. The first-order valence-electron chi connectivity index (χ1n) is 6.27. The number of likely N-dealkylation sites (N-methyl/N-ethyl adjacent to an activating group) is 1.